The molecule has 2 aromatic heterocycles. The van der Waals surface area contributed by atoms with Gasteiger partial charge in [-0.25, -0.2) is 4.39 Å². The van der Waals surface area contributed by atoms with Gasteiger partial charge in [-0.3, -0.25) is 9.48 Å². The molecule has 1 aromatic carbocycles. The van der Waals surface area contributed by atoms with Gasteiger partial charge in [0.2, 0.25) is 0 Å². The van der Waals surface area contributed by atoms with Gasteiger partial charge in [0.25, 0.3) is 5.91 Å². The molecule has 0 unspecified atom stereocenters. The third kappa shape index (κ3) is 3.30. The van der Waals surface area contributed by atoms with Crippen molar-refractivity contribution in [1.29, 1.82) is 0 Å². The van der Waals surface area contributed by atoms with Gasteiger partial charge in [-0.15, -0.1) is 0 Å². The largest absolute Gasteiger partial charge is 0.356 e. The summed E-state index contributed by atoms with van der Waals surface area (Å²) in [6.45, 7) is 2.70. The lowest BCUT2D eigenvalue weighted by atomic mass is 10.1. The second-order valence-corrected chi connectivity index (χ2v) is 5.46. The molecule has 0 aliphatic carbocycles. The molecule has 0 aliphatic rings. The fourth-order valence-electron chi connectivity index (χ4n) is 2.20. The molecule has 0 saturated heterocycles. The van der Waals surface area contributed by atoms with Crippen molar-refractivity contribution in [1.82, 2.24) is 20.3 Å². The van der Waals surface area contributed by atoms with Crippen LogP contribution in [0.4, 0.5) is 4.39 Å². The predicted molar refractivity (Wildman–Crippen MR) is 86.0 cm³/mol. The number of aromatic nitrogens is 3. The average Bonchev–Trinajstić information content (AvgIpc) is 3.19. The Labute approximate surface area is 142 Å². The molecule has 3 rings (SSSR count). The third-order valence-electron chi connectivity index (χ3n) is 3.45. The van der Waals surface area contributed by atoms with Gasteiger partial charge in [-0.05, 0) is 31.2 Å². The van der Waals surface area contributed by atoms with E-state index in [2.05, 4.69) is 15.6 Å². The highest BCUT2D eigenvalue weighted by atomic mass is 35.5. The second-order valence-electron chi connectivity index (χ2n) is 5.05. The highest BCUT2D eigenvalue weighted by Gasteiger charge is 2.17. The van der Waals surface area contributed by atoms with Crippen LogP contribution in [0.1, 0.15) is 23.0 Å². The first-order valence-corrected chi connectivity index (χ1v) is 7.67. The van der Waals surface area contributed by atoms with E-state index in [0.29, 0.717) is 28.5 Å². The number of rotatable bonds is 5. The minimum absolute atomic E-state index is 0.165. The minimum Gasteiger partial charge on any atom is -0.356 e. The maximum absolute atomic E-state index is 13.0. The number of halogens is 2. The molecular formula is C16H14ClFN4O2. The van der Waals surface area contributed by atoms with Gasteiger partial charge >= 0.3 is 0 Å². The second kappa shape index (κ2) is 6.84. The third-order valence-corrected chi connectivity index (χ3v) is 3.72. The highest BCUT2D eigenvalue weighted by molar-refractivity contribution is 6.33. The molecule has 0 saturated carbocycles. The number of aryl methyl sites for hydroxylation is 1. The van der Waals surface area contributed by atoms with Gasteiger partial charge in [0.1, 0.15) is 5.82 Å². The molecule has 0 spiro atoms. The van der Waals surface area contributed by atoms with Crippen LogP contribution in [0.2, 0.25) is 5.02 Å². The summed E-state index contributed by atoms with van der Waals surface area (Å²) < 4.78 is 19.8. The molecule has 6 nitrogen and oxygen atoms in total. The lowest BCUT2D eigenvalue weighted by Gasteiger charge is -2.04. The van der Waals surface area contributed by atoms with Crippen LogP contribution >= 0.6 is 11.6 Å². The van der Waals surface area contributed by atoms with Crippen LogP contribution in [0.15, 0.2) is 41.2 Å². The number of amides is 1. The topological polar surface area (TPSA) is 73.0 Å². The van der Waals surface area contributed by atoms with E-state index in [1.807, 2.05) is 6.92 Å². The Morgan fingerprint density at radius 1 is 1.38 bits per heavy atom. The summed E-state index contributed by atoms with van der Waals surface area (Å²) in [6.07, 6.45) is 3.10. The molecule has 0 bridgehead atoms. The molecule has 0 aliphatic heterocycles. The molecule has 1 amide bonds. The average molecular weight is 349 g/mol. The first-order chi connectivity index (χ1) is 11.6. The van der Waals surface area contributed by atoms with Gasteiger partial charge in [-0.2, -0.15) is 5.10 Å². The Morgan fingerprint density at radius 3 is 2.79 bits per heavy atom. The van der Waals surface area contributed by atoms with Crippen LogP contribution in [0, 0.1) is 5.82 Å². The molecular weight excluding hydrogens is 335 g/mol. The lowest BCUT2D eigenvalue weighted by molar-refractivity contribution is 0.0945. The maximum Gasteiger partial charge on any atom is 0.273 e. The van der Waals surface area contributed by atoms with E-state index in [1.54, 1.807) is 23.0 Å². The van der Waals surface area contributed by atoms with Crippen molar-refractivity contribution in [3.63, 3.8) is 0 Å². The van der Waals surface area contributed by atoms with Crippen molar-refractivity contribution < 1.29 is 13.7 Å². The van der Waals surface area contributed by atoms with Crippen molar-refractivity contribution in [2.24, 2.45) is 0 Å². The van der Waals surface area contributed by atoms with E-state index in [-0.39, 0.29) is 18.1 Å². The van der Waals surface area contributed by atoms with Gasteiger partial charge in [0.05, 0.1) is 11.2 Å². The van der Waals surface area contributed by atoms with Crippen molar-refractivity contribution in [3.05, 3.63) is 58.8 Å². The zero-order chi connectivity index (χ0) is 17.1. The number of benzene rings is 1. The van der Waals surface area contributed by atoms with Crippen LogP contribution in [-0.4, -0.2) is 20.8 Å². The first kappa shape index (κ1) is 16.2. The predicted octanol–water partition coefficient (Wildman–Crippen LogP) is 3.28. The fraction of sp³-hybridized carbons (Fsp3) is 0.188. The van der Waals surface area contributed by atoms with Crippen molar-refractivity contribution in [2.75, 3.05) is 0 Å². The Hall–Kier alpha value is -2.67. The van der Waals surface area contributed by atoms with Crippen molar-refractivity contribution in [3.8, 4) is 11.3 Å². The standard InChI is InChI=1S/C16H14ClFN4O2/c1-2-22-9-13(17)14(21-22)16(23)19-7-11-8-20-24-15(11)10-3-5-12(18)6-4-10/h3-6,8-9H,2,7H2,1H3,(H,19,23). The van der Waals surface area contributed by atoms with Gasteiger partial charge in [-0.1, -0.05) is 16.8 Å². The summed E-state index contributed by atoms with van der Waals surface area (Å²) in [4.78, 5) is 12.2. The Bertz CT molecular complexity index is 857. The molecule has 24 heavy (non-hydrogen) atoms. The first-order valence-electron chi connectivity index (χ1n) is 7.29. The summed E-state index contributed by atoms with van der Waals surface area (Å²) in [5.74, 6) is -0.256. The summed E-state index contributed by atoms with van der Waals surface area (Å²) in [5.41, 5.74) is 1.51. The van der Waals surface area contributed by atoms with Crippen LogP contribution in [0.25, 0.3) is 11.3 Å². The zero-order valence-corrected chi connectivity index (χ0v) is 13.5. The van der Waals surface area contributed by atoms with Crippen LogP contribution in [0.5, 0.6) is 0 Å². The van der Waals surface area contributed by atoms with Crippen LogP contribution < -0.4 is 5.32 Å². The summed E-state index contributed by atoms with van der Waals surface area (Å²) in [7, 11) is 0. The molecule has 0 fully saturated rings. The number of nitrogens with one attached hydrogen (secondary N) is 1. The van der Waals surface area contributed by atoms with Crippen LogP contribution in [0.3, 0.4) is 0 Å². The van der Waals surface area contributed by atoms with E-state index in [9.17, 15) is 9.18 Å². The SMILES string of the molecule is CCn1cc(Cl)c(C(=O)NCc2cnoc2-c2ccc(F)cc2)n1. The molecule has 124 valence electrons. The summed E-state index contributed by atoms with van der Waals surface area (Å²) >= 11 is 6.01. The van der Waals surface area contributed by atoms with E-state index in [1.165, 1.54) is 18.3 Å². The van der Waals surface area contributed by atoms with Crippen LogP contribution in [-0.2, 0) is 13.1 Å². The number of hydrogen-bond acceptors (Lipinski definition) is 4. The number of hydrogen-bond donors (Lipinski definition) is 1. The summed E-state index contributed by atoms with van der Waals surface area (Å²) in [6, 6.07) is 5.83. The van der Waals surface area contributed by atoms with Gasteiger partial charge < -0.3 is 9.84 Å². The van der Waals surface area contributed by atoms with E-state index in [4.69, 9.17) is 16.1 Å². The summed E-state index contributed by atoms with van der Waals surface area (Å²) in [5, 5.41) is 10.9. The Morgan fingerprint density at radius 2 is 2.12 bits per heavy atom. The Balaban J connectivity index is 1.73. The molecule has 2 heterocycles. The fourth-order valence-corrected chi connectivity index (χ4v) is 2.43. The number of carbonyl (C=O) groups excluding carboxylic acids is 1. The number of nitrogens with zero attached hydrogens (tertiary/aromatic N) is 3. The Kier molecular flexibility index (Phi) is 4.61. The maximum atomic E-state index is 13.0. The number of carbonyl (C=O) groups is 1. The molecule has 3 aromatic rings. The highest BCUT2D eigenvalue weighted by Crippen LogP contribution is 2.24. The lowest BCUT2D eigenvalue weighted by Crippen LogP contribution is -2.23. The molecule has 0 atom stereocenters. The van der Waals surface area contributed by atoms with Gasteiger partial charge in [0, 0.05) is 30.4 Å². The quantitative estimate of drug-likeness (QED) is 0.768. The zero-order valence-electron chi connectivity index (χ0n) is 12.8. The van der Waals surface area contributed by atoms with Crippen molar-refractivity contribution in [2.45, 2.75) is 20.0 Å². The van der Waals surface area contributed by atoms with Crippen molar-refractivity contribution >= 4 is 17.5 Å². The molecule has 0 radical (unpaired) electrons. The van der Waals surface area contributed by atoms with E-state index < -0.39 is 5.91 Å². The normalized spacial score (nSPS) is 10.8. The molecule has 1 N–H and O–H groups in total. The van der Waals surface area contributed by atoms with E-state index in [0.717, 1.165) is 0 Å². The monoisotopic (exact) mass is 348 g/mol. The molecule has 8 heteroatoms. The van der Waals surface area contributed by atoms with E-state index >= 15 is 0 Å². The minimum atomic E-state index is -0.390. The smallest absolute Gasteiger partial charge is 0.273 e. The van der Waals surface area contributed by atoms with Gasteiger partial charge in [0.15, 0.2) is 11.5 Å².